The molecule has 1 aliphatic carbocycles. The van der Waals surface area contributed by atoms with Gasteiger partial charge in [0.25, 0.3) is 11.8 Å². The Morgan fingerprint density at radius 3 is 2.29 bits per heavy atom. The third-order valence-electron chi connectivity index (χ3n) is 8.74. The Morgan fingerprint density at radius 2 is 1.61 bits per heavy atom. The number of anilines is 1. The standard InChI is InChI=1S/C27H34FN5O5/c1-15-12-20(24(28)23-22(15)26(36)33(27(23)37)19-2-3-21(34)30-25(19)35)32-10-8-31(9-11-32)16-13-18(14-16)38-17-4-6-29-7-5-17/h12,16-19,29H,2-11,13-14H2,1H3,(H,30,34,35)/t16-,18-,19?. The number of piperazine rings is 1. The summed E-state index contributed by atoms with van der Waals surface area (Å²) < 4.78 is 22.1. The van der Waals surface area contributed by atoms with Gasteiger partial charge in [0.05, 0.1) is 29.0 Å². The van der Waals surface area contributed by atoms with E-state index >= 15 is 4.39 Å². The normalized spacial score (nSPS) is 28.9. The second-order valence-electron chi connectivity index (χ2n) is 11.1. The van der Waals surface area contributed by atoms with Crippen molar-refractivity contribution < 1.29 is 28.3 Å². The zero-order chi connectivity index (χ0) is 26.6. The molecular weight excluding hydrogens is 493 g/mol. The van der Waals surface area contributed by atoms with Gasteiger partial charge in [-0.15, -0.1) is 0 Å². The smallest absolute Gasteiger partial charge is 0.265 e. The Morgan fingerprint density at radius 1 is 0.921 bits per heavy atom. The number of fused-ring (bicyclic) bond motifs is 1. The summed E-state index contributed by atoms with van der Waals surface area (Å²) in [6.07, 6.45) is 4.96. The molecule has 4 fully saturated rings. The number of benzene rings is 1. The number of hydrogen-bond acceptors (Lipinski definition) is 8. The quantitative estimate of drug-likeness (QED) is 0.545. The average Bonchev–Trinajstić information content (AvgIpc) is 3.15. The van der Waals surface area contributed by atoms with Crippen molar-refractivity contribution in [2.24, 2.45) is 0 Å². The summed E-state index contributed by atoms with van der Waals surface area (Å²) in [5.74, 6) is -3.36. The molecule has 0 bridgehead atoms. The zero-order valence-corrected chi connectivity index (χ0v) is 21.6. The number of imide groups is 2. The van der Waals surface area contributed by atoms with Gasteiger partial charge in [-0.05, 0) is 63.7 Å². The second kappa shape index (κ2) is 10.0. The lowest BCUT2D eigenvalue weighted by Crippen LogP contribution is -2.56. The summed E-state index contributed by atoms with van der Waals surface area (Å²) in [6.45, 7) is 6.54. The molecular formula is C27H34FN5O5. The van der Waals surface area contributed by atoms with Gasteiger partial charge in [0.15, 0.2) is 5.82 Å². The summed E-state index contributed by atoms with van der Waals surface area (Å²) in [5.41, 5.74) is 0.555. The minimum atomic E-state index is -1.11. The van der Waals surface area contributed by atoms with Crippen LogP contribution in [0.5, 0.6) is 0 Å². The lowest BCUT2D eigenvalue weighted by molar-refractivity contribution is -0.136. The summed E-state index contributed by atoms with van der Waals surface area (Å²) >= 11 is 0. The van der Waals surface area contributed by atoms with E-state index in [9.17, 15) is 19.2 Å². The number of amides is 4. The van der Waals surface area contributed by atoms with Gasteiger partial charge in [-0.2, -0.15) is 0 Å². The van der Waals surface area contributed by atoms with Crippen LogP contribution in [-0.4, -0.2) is 97.0 Å². The minimum Gasteiger partial charge on any atom is -0.375 e. The SMILES string of the molecule is Cc1cc(N2CCN([C@H]3C[C@H](OC4CCNCC4)C3)CC2)c(F)c2c1C(=O)N(C1CCC(=O)NC1=O)C2=O. The van der Waals surface area contributed by atoms with Gasteiger partial charge in [-0.3, -0.25) is 34.3 Å². The van der Waals surface area contributed by atoms with Gasteiger partial charge in [-0.25, -0.2) is 4.39 Å². The fraction of sp³-hybridized carbons (Fsp3) is 0.630. The zero-order valence-electron chi connectivity index (χ0n) is 21.6. The molecule has 6 rings (SSSR count). The van der Waals surface area contributed by atoms with E-state index < -0.39 is 35.5 Å². The molecule has 4 amide bonds. The van der Waals surface area contributed by atoms with E-state index in [1.54, 1.807) is 13.0 Å². The summed E-state index contributed by atoms with van der Waals surface area (Å²) in [4.78, 5) is 55.5. The van der Waals surface area contributed by atoms with Crippen molar-refractivity contribution in [1.82, 2.24) is 20.4 Å². The maximum atomic E-state index is 15.8. The fourth-order valence-electron chi connectivity index (χ4n) is 6.51. The van der Waals surface area contributed by atoms with Gasteiger partial charge < -0.3 is 15.0 Å². The highest BCUT2D eigenvalue weighted by molar-refractivity contribution is 6.24. The molecule has 4 aliphatic heterocycles. The monoisotopic (exact) mass is 527 g/mol. The van der Waals surface area contributed by atoms with Crippen molar-refractivity contribution in [3.63, 3.8) is 0 Å². The van der Waals surface area contributed by atoms with Crippen molar-refractivity contribution >= 4 is 29.3 Å². The van der Waals surface area contributed by atoms with E-state index in [-0.39, 0.29) is 24.0 Å². The van der Waals surface area contributed by atoms with Crippen LogP contribution in [0.4, 0.5) is 10.1 Å². The van der Waals surface area contributed by atoms with Crippen molar-refractivity contribution in [2.75, 3.05) is 44.2 Å². The van der Waals surface area contributed by atoms with E-state index in [2.05, 4.69) is 15.5 Å². The molecule has 11 heteroatoms. The largest absolute Gasteiger partial charge is 0.375 e. The van der Waals surface area contributed by atoms with E-state index in [0.717, 1.165) is 56.8 Å². The third-order valence-corrected chi connectivity index (χ3v) is 8.74. The average molecular weight is 528 g/mol. The van der Waals surface area contributed by atoms with E-state index in [0.29, 0.717) is 42.6 Å². The predicted molar refractivity (Wildman–Crippen MR) is 135 cm³/mol. The minimum absolute atomic E-state index is 0.00819. The van der Waals surface area contributed by atoms with Crippen LogP contribution in [0.2, 0.25) is 0 Å². The Kier molecular flexibility index (Phi) is 6.69. The van der Waals surface area contributed by atoms with Crippen LogP contribution < -0.4 is 15.5 Å². The molecule has 38 heavy (non-hydrogen) atoms. The van der Waals surface area contributed by atoms with Crippen LogP contribution in [0.15, 0.2) is 6.07 Å². The highest BCUT2D eigenvalue weighted by Crippen LogP contribution is 2.37. The van der Waals surface area contributed by atoms with Crippen LogP contribution in [0.1, 0.15) is 64.8 Å². The first-order valence-corrected chi connectivity index (χ1v) is 13.7. The van der Waals surface area contributed by atoms with Crippen LogP contribution >= 0.6 is 0 Å². The summed E-state index contributed by atoms with van der Waals surface area (Å²) in [7, 11) is 0. The van der Waals surface area contributed by atoms with Gasteiger partial charge >= 0.3 is 0 Å². The Labute approximate surface area is 220 Å². The first-order valence-electron chi connectivity index (χ1n) is 13.7. The van der Waals surface area contributed by atoms with Gasteiger partial charge in [0.2, 0.25) is 11.8 Å². The molecule has 3 saturated heterocycles. The molecule has 1 atom stereocenters. The molecule has 1 unspecified atom stereocenters. The number of piperidine rings is 2. The van der Waals surface area contributed by atoms with Crippen molar-refractivity contribution in [3.8, 4) is 0 Å². The topological polar surface area (TPSA) is 111 Å². The number of halogens is 1. The highest BCUT2D eigenvalue weighted by atomic mass is 19.1. The van der Waals surface area contributed by atoms with Crippen molar-refractivity contribution in [3.05, 3.63) is 28.6 Å². The Balaban J connectivity index is 1.11. The molecule has 2 N–H and O–H groups in total. The fourth-order valence-corrected chi connectivity index (χ4v) is 6.51. The number of aryl methyl sites for hydroxylation is 1. The van der Waals surface area contributed by atoms with E-state index in [1.807, 2.05) is 4.90 Å². The number of nitrogens with one attached hydrogen (secondary N) is 2. The van der Waals surface area contributed by atoms with E-state index in [1.165, 1.54) is 0 Å². The first-order chi connectivity index (χ1) is 18.3. The number of carbonyl (C=O) groups excluding carboxylic acids is 4. The Hall–Kier alpha value is -2.89. The molecule has 5 aliphatic rings. The Bertz CT molecular complexity index is 1170. The molecule has 1 aromatic carbocycles. The van der Waals surface area contributed by atoms with Crippen molar-refractivity contribution in [1.29, 1.82) is 0 Å². The number of ether oxygens (including phenoxy) is 1. The number of carbonyl (C=O) groups is 4. The summed E-state index contributed by atoms with van der Waals surface area (Å²) in [5, 5.41) is 5.53. The molecule has 4 heterocycles. The van der Waals surface area contributed by atoms with Crippen LogP contribution in [0.25, 0.3) is 0 Å². The van der Waals surface area contributed by atoms with E-state index in [4.69, 9.17) is 4.74 Å². The lowest BCUT2D eigenvalue weighted by Gasteiger charge is -2.47. The third kappa shape index (κ3) is 4.40. The molecule has 10 nitrogen and oxygen atoms in total. The lowest BCUT2D eigenvalue weighted by atomic mass is 9.87. The predicted octanol–water partition coefficient (Wildman–Crippen LogP) is 0.957. The maximum absolute atomic E-state index is 15.8. The van der Waals surface area contributed by atoms with Gasteiger partial charge in [-0.1, -0.05) is 0 Å². The molecule has 1 aromatic rings. The van der Waals surface area contributed by atoms with Crippen molar-refractivity contribution in [2.45, 2.75) is 69.7 Å². The number of hydrogen-bond donors (Lipinski definition) is 2. The van der Waals surface area contributed by atoms with Crippen LogP contribution in [0, 0.1) is 12.7 Å². The molecule has 1 saturated carbocycles. The maximum Gasteiger partial charge on any atom is 0.265 e. The highest BCUT2D eigenvalue weighted by Gasteiger charge is 2.47. The van der Waals surface area contributed by atoms with Crippen LogP contribution in [0.3, 0.4) is 0 Å². The molecule has 0 aromatic heterocycles. The number of rotatable bonds is 5. The van der Waals surface area contributed by atoms with Gasteiger partial charge in [0.1, 0.15) is 6.04 Å². The molecule has 0 spiro atoms. The van der Waals surface area contributed by atoms with Crippen LogP contribution in [-0.2, 0) is 14.3 Å². The van der Waals surface area contributed by atoms with Gasteiger partial charge in [0, 0.05) is 38.6 Å². The first kappa shape index (κ1) is 25.4. The molecule has 204 valence electrons. The second-order valence-corrected chi connectivity index (χ2v) is 11.1. The number of nitrogens with zero attached hydrogens (tertiary/aromatic N) is 3. The summed E-state index contributed by atoms with van der Waals surface area (Å²) in [6, 6.07) is 1.00. The molecule has 0 radical (unpaired) electrons.